The molecule has 4 heavy (non-hydrogen) atoms. The maximum absolute atomic E-state index is 8.06. The van der Waals surface area contributed by atoms with Crippen molar-refractivity contribution in [1.82, 2.24) is 0 Å². The van der Waals surface area contributed by atoms with E-state index < -0.39 is 0 Å². The van der Waals surface area contributed by atoms with E-state index in [0.717, 1.165) is 0 Å². The third kappa shape index (κ3) is 10.4. The van der Waals surface area contributed by atoms with Crippen molar-refractivity contribution in [2.75, 3.05) is 0 Å². The Kier molecular flexibility index (Phi) is 131. The molecule has 0 amide bonds. The molecule has 0 aromatic heterocycles. The minimum absolute atomic E-state index is 0. The van der Waals surface area contributed by atoms with Crippen LogP contribution in [0.3, 0.4) is 0 Å². The molecule has 0 aliphatic rings. The van der Waals surface area contributed by atoms with E-state index in [-0.39, 0.29) is 29.8 Å². The van der Waals surface area contributed by atoms with Crippen molar-refractivity contribution >= 4 is 0 Å². The molecular weight excluding hydrogens is 244 g/mol. The molecule has 0 aromatic rings. The molecule has 36 valence electrons. The average Bonchev–Trinajstić information content (AvgIpc) is 1.00. The van der Waals surface area contributed by atoms with Crippen molar-refractivity contribution in [2.45, 2.75) is 7.43 Å². The first-order chi connectivity index (χ1) is 1.00. The van der Waals surface area contributed by atoms with Crippen LogP contribution in [0.25, 0.3) is 0 Å². The van der Waals surface area contributed by atoms with Crippen LogP contribution in [-0.4, -0.2) is 0 Å². The maximum atomic E-state index is 8.06. The van der Waals surface area contributed by atoms with Crippen LogP contribution in [0, 0.1) is 0 Å². The van der Waals surface area contributed by atoms with E-state index in [1.165, 1.54) is 0 Å². The van der Waals surface area contributed by atoms with E-state index in [1.807, 2.05) is 0 Å². The molecule has 0 saturated heterocycles. The zero-order valence-electron chi connectivity index (χ0n) is 1.01. The monoisotopic (exact) mass is 246 g/mol. The Balaban J connectivity index is -0.00000000500. The Bertz CT molecular complexity index is 6.00. The van der Waals surface area contributed by atoms with Crippen LogP contribution in [0.15, 0.2) is 0 Å². The summed E-state index contributed by atoms with van der Waals surface area (Å²) >= 11 is 1.70. The topological polar surface area (TPSA) is 17.1 Å². The first-order valence-corrected chi connectivity index (χ1v) is 0.728. The van der Waals surface area contributed by atoms with Gasteiger partial charge in [0.15, 0.2) is 0 Å². The van der Waals surface area contributed by atoms with Gasteiger partial charge in [0.2, 0.25) is 0 Å². The van der Waals surface area contributed by atoms with Gasteiger partial charge in [0.05, 0.1) is 0 Å². The van der Waals surface area contributed by atoms with Gasteiger partial charge < -0.3 is 0 Å². The second kappa shape index (κ2) is 28.1. The SMILES string of the molecule is C.[Ag].[O]=[Ag]. The van der Waals surface area contributed by atoms with E-state index in [9.17, 15) is 0 Å². The van der Waals surface area contributed by atoms with Gasteiger partial charge in [-0.3, -0.25) is 0 Å². The van der Waals surface area contributed by atoms with Crippen molar-refractivity contribution < 1.29 is 46.7 Å². The molecule has 0 rings (SSSR count). The molecule has 0 atom stereocenters. The molecular formula is CH4Ag2O. The molecule has 1 radical (unpaired) electrons. The summed E-state index contributed by atoms with van der Waals surface area (Å²) in [4.78, 5) is 0. The fraction of sp³-hybridized carbons (Fsp3) is 1.00. The summed E-state index contributed by atoms with van der Waals surface area (Å²) in [7, 11) is 0. The van der Waals surface area contributed by atoms with Crippen molar-refractivity contribution in [3.8, 4) is 0 Å². The quantitative estimate of drug-likeness (QED) is 0.571. The first kappa shape index (κ1) is 18.6. The van der Waals surface area contributed by atoms with E-state index in [2.05, 4.69) is 0 Å². The standard InChI is InChI=1S/CH4.2Ag.O/h1H4;;;. The second-order valence-electron chi connectivity index (χ2n) is 0. The summed E-state index contributed by atoms with van der Waals surface area (Å²) < 4.78 is 8.06. The molecule has 0 aliphatic carbocycles. The summed E-state index contributed by atoms with van der Waals surface area (Å²) in [5.41, 5.74) is 0. The number of rotatable bonds is 0. The van der Waals surface area contributed by atoms with Crippen molar-refractivity contribution in [3.05, 3.63) is 0 Å². The van der Waals surface area contributed by atoms with Gasteiger partial charge in [-0.1, -0.05) is 7.43 Å². The summed E-state index contributed by atoms with van der Waals surface area (Å²) in [6.07, 6.45) is 0. The number of hydrogen-bond acceptors (Lipinski definition) is 1. The molecule has 0 fully saturated rings. The third-order valence-corrected chi connectivity index (χ3v) is 0. The molecule has 0 aromatic carbocycles. The molecule has 0 N–H and O–H groups in total. The molecule has 0 bridgehead atoms. The van der Waals surface area contributed by atoms with Crippen LogP contribution in [0.5, 0.6) is 0 Å². The van der Waals surface area contributed by atoms with E-state index in [1.54, 1.807) is 21.0 Å². The molecule has 0 saturated carbocycles. The summed E-state index contributed by atoms with van der Waals surface area (Å²) in [6.45, 7) is 0. The average molecular weight is 248 g/mol. The molecule has 3 heteroatoms. The Labute approximate surface area is 53.9 Å². The van der Waals surface area contributed by atoms with Gasteiger partial charge in [0.25, 0.3) is 0 Å². The van der Waals surface area contributed by atoms with E-state index in [4.69, 9.17) is 3.25 Å². The Morgan fingerprint density at radius 2 is 1.25 bits per heavy atom. The van der Waals surface area contributed by atoms with Gasteiger partial charge in [-0.25, -0.2) is 0 Å². The molecule has 0 aliphatic heterocycles. The predicted octanol–water partition coefficient (Wildman–Crippen LogP) is 0.512. The van der Waals surface area contributed by atoms with Crippen LogP contribution in [0.2, 0.25) is 0 Å². The molecule has 0 heterocycles. The van der Waals surface area contributed by atoms with E-state index in [0.29, 0.717) is 0 Å². The van der Waals surface area contributed by atoms with Gasteiger partial charge >= 0.3 is 24.3 Å². The van der Waals surface area contributed by atoms with Crippen LogP contribution in [-0.2, 0) is 46.7 Å². The van der Waals surface area contributed by atoms with Crippen molar-refractivity contribution in [3.63, 3.8) is 0 Å². The van der Waals surface area contributed by atoms with Crippen molar-refractivity contribution in [2.24, 2.45) is 0 Å². The van der Waals surface area contributed by atoms with Crippen LogP contribution >= 0.6 is 0 Å². The molecule has 0 unspecified atom stereocenters. The van der Waals surface area contributed by atoms with Gasteiger partial charge in [0, 0.05) is 22.4 Å². The first-order valence-electron chi connectivity index (χ1n) is 0.123. The summed E-state index contributed by atoms with van der Waals surface area (Å²) in [5, 5.41) is 0. The fourth-order valence-electron chi connectivity index (χ4n) is 0. The Hall–Kier alpha value is 1.28. The second-order valence-corrected chi connectivity index (χ2v) is 0. The van der Waals surface area contributed by atoms with Crippen LogP contribution in [0.4, 0.5) is 0 Å². The van der Waals surface area contributed by atoms with Crippen molar-refractivity contribution in [1.29, 1.82) is 0 Å². The Morgan fingerprint density at radius 1 is 1.25 bits per heavy atom. The van der Waals surface area contributed by atoms with Crippen LogP contribution < -0.4 is 0 Å². The predicted molar refractivity (Wildman–Crippen MR) is 7.42 cm³/mol. The van der Waals surface area contributed by atoms with Crippen LogP contribution in [0.1, 0.15) is 7.43 Å². The van der Waals surface area contributed by atoms with E-state index >= 15 is 0 Å². The van der Waals surface area contributed by atoms with Gasteiger partial charge in [-0.15, -0.1) is 0 Å². The Morgan fingerprint density at radius 3 is 1.25 bits per heavy atom. The fourth-order valence-corrected chi connectivity index (χ4v) is 0. The minimum atomic E-state index is 0. The summed E-state index contributed by atoms with van der Waals surface area (Å²) in [5.74, 6) is 0. The summed E-state index contributed by atoms with van der Waals surface area (Å²) in [6, 6.07) is 0. The van der Waals surface area contributed by atoms with Gasteiger partial charge in [0.1, 0.15) is 0 Å². The third-order valence-electron chi connectivity index (χ3n) is 0. The molecule has 0 spiro atoms. The van der Waals surface area contributed by atoms with Gasteiger partial charge in [-0.05, 0) is 0 Å². The molecule has 1 nitrogen and oxygen atoms in total. The zero-order valence-corrected chi connectivity index (χ0v) is 3.98. The number of hydrogen-bond donors (Lipinski definition) is 0. The zero-order chi connectivity index (χ0) is 2.00. The van der Waals surface area contributed by atoms with Gasteiger partial charge in [-0.2, -0.15) is 0 Å². The normalized spacial score (nSPS) is 1.50.